The maximum absolute atomic E-state index is 4.51. The largest absolute Gasteiger partial charge is 0.314 e. The van der Waals surface area contributed by atoms with Crippen LogP contribution in [0.4, 0.5) is 0 Å². The molecular formula is C15H25N3. The number of nitrogens with zero attached hydrogens (tertiary/aromatic N) is 2. The van der Waals surface area contributed by atoms with Gasteiger partial charge in [-0.05, 0) is 44.4 Å². The third kappa shape index (κ3) is 3.79. The molecule has 0 radical (unpaired) electrons. The van der Waals surface area contributed by atoms with Gasteiger partial charge in [0.2, 0.25) is 0 Å². The summed E-state index contributed by atoms with van der Waals surface area (Å²) in [5, 5.41) is 3.59. The summed E-state index contributed by atoms with van der Waals surface area (Å²) in [6.45, 7) is 11.2. The van der Waals surface area contributed by atoms with Crippen LogP contribution in [-0.4, -0.2) is 35.6 Å². The number of aryl methyl sites for hydroxylation is 1. The van der Waals surface area contributed by atoms with Crippen LogP contribution in [0.25, 0.3) is 0 Å². The summed E-state index contributed by atoms with van der Waals surface area (Å²) in [6.07, 6.45) is 3.12. The van der Waals surface area contributed by atoms with E-state index >= 15 is 0 Å². The predicted molar refractivity (Wildman–Crippen MR) is 75.5 cm³/mol. The third-order valence-corrected chi connectivity index (χ3v) is 3.75. The van der Waals surface area contributed by atoms with E-state index in [0.717, 1.165) is 26.2 Å². The van der Waals surface area contributed by atoms with Crippen LogP contribution in [-0.2, 0) is 6.54 Å². The number of hydrogen-bond donors (Lipinski definition) is 1. The van der Waals surface area contributed by atoms with E-state index in [9.17, 15) is 0 Å². The van der Waals surface area contributed by atoms with Crippen molar-refractivity contribution in [3.63, 3.8) is 0 Å². The van der Waals surface area contributed by atoms with Crippen molar-refractivity contribution in [2.45, 2.75) is 39.8 Å². The lowest BCUT2D eigenvalue weighted by molar-refractivity contribution is 0.192. The molecule has 1 aliphatic heterocycles. The van der Waals surface area contributed by atoms with Gasteiger partial charge in [0.25, 0.3) is 0 Å². The molecule has 0 aromatic carbocycles. The van der Waals surface area contributed by atoms with Crippen molar-refractivity contribution >= 4 is 0 Å². The van der Waals surface area contributed by atoms with Crippen LogP contribution in [0, 0.1) is 12.8 Å². The molecule has 2 heterocycles. The molecule has 3 heteroatoms. The first-order valence-corrected chi connectivity index (χ1v) is 7.01. The lowest BCUT2D eigenvalue weighted by Crippen LogP contribution is -2.42. The van der Waals surface area contributed by atoms with Crippen molar-refractivity contribution in [2.75, 3.05) is 19.6 Å². The van der Waals surface area contributed by atoms with Gasteiger partial charge in [0, 0.05) is 31.9 Å². The molecule has 1 N–H and O–H groups in total. The number of aromatic nitrogens is 1. The van der Waals surface area contributed by atoms with E-state index in [-0.39, 0.29) is 0 Å². The molecule has 0 bridgehead atoms. The number of nitrogens with one attached hydrogen (secondary N) is 1. The predicted octanol–water partition coefficient (Wildman–Crippen LogP) is 2.21. The molecule has 2 rings (SSSR count). The summed E-state index contributed by atoms with van der Waals surface area (Å²) in [4.78, 5) is 7.07. The van der Waals surface area contributed by atoms with E-state index in [2.05, 4.69) is 42.0 Å². The van der Waals surface area contributed by atoms with Crippen molar-refractivity contribution in [3.8, 4) is 0 Å². The molecule has 1 aromatic heterocycles. The van der Waals surface area contributed by atoms with Gasteiger partial charge in [0.1, 0.15) is 0 Å². The Kier molecular flexibility index (Phi) is 4.72. The topological polar surface area (TPSA) is 28.2 Å². The lowest BCUT2D eigenvalue weighted by atomic mass is 10.1. The molecule has 100 valence electrons. The molecule has 3 nitrogen and oxygen atoms in total. The molecule has 0 aliphatic carbocycles. The fraction of sp³-hybridized carbons (Fsp3) is 0.667. The highest BCUT2D eigenvalue weighted by Gasteiger charge is 2.17. The average Bonchev–Trinajstić information content (AvgIpc) is 2.34. The Morgan fingerprint density at radius 1 is 1.44 bits per heavy atom. The van der Waals surface area contributed by atoms with Gasteiger partial charge in [-0.25, -0.2) is 0 Å². The molecule has 1 fully saturated rings. The Morgan fingerprint density at radius 3 is 3.06 bits per heavy atom. The fourth-order valence-electron chi connectivity index (χ4n) is 2.52. The Balaban J connectivity index is 2.00. The smallest absolute Gasteiger partial charge is 0.0573 e. The van der Waals surface area contributed by atoms with Crippen LogP contribution in [0.2, 0.25) is 0 Å². The highest BCUT2D eigenvalue weighted by Crippen LogP contribution is 2.12. The maximum atomic E-state index is 4.51. The zero-order chi connectivity index (χ0) is 13.0. The van der Waals surface area contributed by atoms with E-state index in [4.69, 9.17) is 0 Å². The highest BCUT2D eigenvalue weighted by atomic mass is 15.1. The van der Waals surface area contributed by atoms with Crippen molar-refractivity contribution in [1.82, 2.24) is 15.2 Å². The molecule has 2 unspecified atom stereocenters. The highest BCUT2D eigenvalue weighted by molar-refractivity contribution is 5.17. The Labute approximate surface area is 111 Å². The minimum absolute atomic E-state index is 0.625. The zero-order valence-electron chi connectivity index (χ0n) is 11.8. The lowest BCUT2D eigenvalue weighted by Gasteiger charge is -2.31. The van der Waals surface area contributed by atoms with E-state index in [1.807, 2.05) is 12.3 Å². The van der Waals surface area contributed by atoms with Gasteiger partial charge in [-0.3, -0.25) is 9.88 Å². The fourth-order valence-corrected chi connectivity index (χ4v) is 2.52. The molecule has 0 spiro atoms. The molecule has 1 saturated heterocycles. The van der Waals surface area contributed by atoms with Crippen LogP contribution in [0.5, 0.6) is 0 Å². The van der Waals surface area contributed by atoms with Gasteiger partial charge < -0.3 is 5.32 Å². The molecular weight excluding hydrogens is 222 g/mol. The van der Waals surface area contributed by atoms with E-state index in [1.54, 1.807) is 0 Å². The van der Waals surface area contributed by atoms with Gasteiger partial charge >= 0.3 is 0 Å². The Hall–Kier alpha value is -0.930. The van der Waals surface area contributed by atoms with Gasteiger partial charge in [0.15, 0.2) is 0 Å². The van der Waals surface area contributed by atoms with Gasteiger partial charge in [-0.1, -0.05) is 13.0 Å². The van der Waals surface area contributed by atoms with Crippen molar-refractivity contribution in [2.24, 2.45) is 5.92 Å². The number of pyridine rings is 1. The monoisotopic (exact) mass is 247 g/mol. The minimum atomic E-state index is 0.625. The summed E-state index contributed by atoms with van der Waals surface area (Å²) in [6, 6.07) is 4.79. The molecule has 1 aliphatic rings. The van der Waals surface area contributed by atoms with Gasteiger partial charge in [-0.2, -0.15) is 0 Å². The van der Waals surface area contributed by atoms with Crippen molar-refractivity contribution in [3.05, 3.63) is 29.6 Å². The van der Waals surface area contributed by atoms with Gasteiger partial charge in [-0.15, -0.1) is 0 Å². The van der Waals surface area contributed by atoms with Crippen LogP contribution < -0.4 is 5.32 Å². The van der Waals surface area contributed by atoms with Crippen LogP contribution >= 0.6 is 0 Å². The SMILES string of the molecule is Cc1cccnc1CN1CCC(C)NCC(C)C1. The second-order valence-electron chi connectivity index (χ2n) is 5.71. The first-order chi connectivity index (χ1) is 8.65. The van der Waals surface area contributed by atoms with E-state index in [1.165, 1.54) is 17.7 Å². The van der Waals surface area contributed by atoms with E-state index in [0.29, 0.717) is 12.0 Å². The molecule has 1 aromatic rings. The van der Waals surface area contributed by atoms with Crippen LogP contribution in [0.15, 0.2) is 18.3 Å². The quantitative estimate of drug-likeness (QED) is 0.868. The average molecular weight is 247 g/mol. The molecule has 2 atom stereocenters. The summed E-state index contributed by atoms with van der Waals surface area (Å²) in [5.74, 6) is 0.705. The Morgan fingerprint density at radius 2 is 2.28 bits per heavy atom. The first-order valence-electron chi connectivity index (χ1n) is 7.01. The summed E-state index contributed by atoms with van der Waals surface area (Å²) in [7, 11) is 0. The second kappa shape index (κ2) is 6.30. The first kappa shape index (κ1) is 13.5. The van der Waals surface area contributed by atoms with Gasteiger partial charge in [0.05, 0.1) is 5.69 Å². The molecule has 18 heavy (non-hydrogen) atoms. The second-order valence-corrected chi connectivity index (χ2v) is 5.71. The maximum Gasteiger partial charge on any atom is 0.0573 e. The molecule has 0 amide bonds. The van der Waals surface area contributed by atoms with Crippen LogP contribution in [0.3, 0.4) is 0 Å². The minimum Gasteiger partial charge on any atom is -0.314 e. The van der Waals surface area contributed by atoms with Crippen molar-refractivity contribution in [1.29, 1.82) is 0 Å². The summed E-state index contributed by atoms with van der Waals surface area (Å²) in [5.41, 5.74) is 2.53. The Bertz CT molecular complexity index is 378. The number of hydrogen-bond acceptors (Lipinski definition) is 3. The van der Waals surface area contributed by atoms with Crippen LogP contribution in [0.1, 0.15) is 31.5 Å². The third-order valence-electron chi connectivity index (χ3n) is 3.75. The van der Waals surface area contributed by atoms with Crippen molar-refractivity contribution < 1.29 is 0 Å². The summed E-state index contributed by atoms with van der Waals surface area (Å²) >= 11 is 0. The van der Waals surface area contributed by atoms with E-state index < -0.39 is 0 Å². The molecule has 0 saturated carbocycles. The standard InChI is InChI=1S/C15H25N3/c1-12-9-17-14(3)6-8-18(10-12)11-15-13(2)5-4-7-16-15/h4-5,7,12,14,17H,6,8-11H2,1-3H3. The summed E-state index contributed by atoms with van der Waals surface area (Å²) < 4.78 is 0. The zero-order valence-corrected chi connectivity index (χ0v) is 11.8. The normalized spacial score (nSPS) is 26.6. The number of rotatable bonds is 2.